The summed E-state index contributed by atoms with van der Waals surface area (Å²) in [5, 5.41) is 8.87. The topological polar surface area (TPSA) is 125 Å². The molecule has 8 atom stereocenters. The fraction of sp³-hybridized carbons (Fsp3) is 0.870. The zero-order valence-corrected chi connectivity index (χ0v) is 18.8. The van der Waals surface area contributed by atoms with Gasteiger partial charge in [-0.25, -0.2) is 9.18 Å². The van der Waals surface area contributed by atoms with Gasteiger partial charge in [0.05, 0.1) is 11.3 Å². The van der Waals surface area contributed by atoms with Gasteiger partial charge in [0.15, 0.2) is 6.17 Å². The van der Waals surface area contributed by atoms with E-state index in [2.05, 4.69) is 18.6 Å². The fourth-order valence-corrected chi connectivity index (χ4v) is 8.74. The highest BCUT2D eigenvalue weighted by Crippen LogP contribution is 2.70. The van der Waals surface area contributed by atoms with Crippen molar-refractivity contribution >= 4 is 18.1 Å². The normalized spacial score (nSPS) is 51.0. The number of esters is 2. The van der Waals surface area contributed by atoms with Crippen LogP contribution < -0.4 is 5.73 Å². The number of nitrogens with two attached hydrogens (primary N) is 1. The van der Waals surface area contributed by atoms with E-state index < -0.39 is 53.5 Å². The second-order valence-corrected chi connectivity index (χ2v) is 12.0. The summed E-state index contributed by atoms with van der Waals surface area (Å²) in [5.74, 6) is -2.41. The molecule has 0 heterocycles. The largest absolute Gasteiger partial charge is 0.507 e. The lowest BCUT2D eigenvalue weighted by atomic mass is 9.40. The van der Waals surface area contributed by atoms with E-state index in [0.717, 1.165) is 38.5 Å². The number of ether oxygens (including phenoxy) is 3. The van der Waals surface area contributed by atoms with E-state index >= 15 is 0 Å². The van der Waals surface area contributed by atoms with Gasteiger partial charge >= 0.3 is 18.1 Å². The van der Waals surface area contributed by atoms with Gasteiger partial charge in [0.2, 0.25) is 12.0 Å². The predicted molar refractivity (Wildman–Crippen MR) is 107 cm³/mol. The Kier molecular flexibility index (Phi) is 4.51. The molecule has 3 unspecified atom stereocenters. The van der Waals surface area contributed by atoms with Gasteiger partial charge in [-0.2, -0.15) is 0 Å². The summed E-state index contributed by atoms with van der Waals surface area (Å²) in [5.41, 5.74) is 3.57. The van der Waals surface area contributed by atoms with Crippen molar-refractivity contribution in [3.63, 3.8) is 0 Å². The monoisotopic (exact) mass is 453 g/mol. The Morgan fingerprint density at radius 1 is 1.06 bits per heavy atom. The van der Waals surface area contributed by atoms with Gasteiger partial charge in [-0.15, -0.1) is 0 Å². The maximum Gasteiger partial charge on any atom is 0.507 e. The maximum absolute atomic E-state index is 14.2. The number of carboxylic acid groups (broad SMARTS) is 1. The zero-order valence-electron chi connectivity index (χ0n) is 18.8. The summed E-state index contributed by atoms with van der Waals surface area (Å²) < 4.78 is 29.8. The van der Waals surface area contributed by atoms with Crippen molar-refractivity contribution < 1.29 is 38.1 Å². The van der Waals surface area contributed by atoms with Crippen LogP contribution in [0.2, 0.25) is 0 Å². The third kappa shape index (κ3) is 3.22. The minimum atomic E-state index is -2.05. The number of carbonyl (C=O) groups excluding carboxylic acids is 2. The zero-order chi connectivity index (χ0) is 23.3. The molecule has 32 heavy (non-hydrogen) atoms. The van der Waals surface area contributed by atoms with Crippen LogP contribution in [0.3, 0.4) is 0 Å². The third-order valence-corrected chi connectivity index (χ3v) is 8.81. The van der Waals surface area contributed by atoms with E-state index in [1.165, 1.54) is 6.92 Å². The summed E-state index contributed by atoms with van der Waals surface area (Å²) in [6.45, 7) is 6.03. The molecule has 0 aromatic heterocycles. The molecule has 6 fully saturated rings. The van der Waals surface area contributed by atoms with Crippen molar-refractivity contribution in [1.29, 1.82) is 0 Å². The van der Waals surface area contributed by atoms with Gasteiger partial charge < -0.3 is 19.3 Å². The Hall–Kier alpha value is -1.90. The molecule has 6 aliphatic carbocycles. The second-order valence-electron chi connectivity index (χ2n) is 12.0. The quantitative estimate of drug-likeness (QED) is 0.479. The van der Waals surface area contributed by atoms with Gasteiger partial charge in [-0.3, -0.25) is 15.3 Å². The van der Waals surface area contributed by atoms with Gasteiger partial charge in [-0.05, 0) is 67.6 Å². The number of hydrogen-bond acceptors (Lipinski definition) is 7. The molecule has 9 heteroatoms. The smallest absolute Gasteiger partial charge is 0.450 e. The van der Waals surface area contributed by atoms with E-state index in [9.17, 15) is 18.8 Å². The second kappa shape index (κ2) is 6.58. The number of rotatable bonds is 5. The van der Waals surface area contributed by atoms with E-state index in [1.807, 2.05) is 0 Å². The lowest BCUT2D eigenvalue weighted by Crippen LogP contribution is -2.58. The highest BCUT2D eigenvalue weighted by Gasteiger charge is 2.74. The molecule has 0 aromatic rings. The minimum Gasteiger partial charge on any atom is -0.450 e. The van der Waals surface area contributed by atoms with Crippen LogP contribution in [0.4, 0.5) is 9.18 Å². The summed E-state index contributed by atoms with van der Waals surface area (Å²) in [6, 6.07) is 0. The van der Waals surface area contributed by atoms with Crippen molar-refractivity contribution in [3.8, 4) is 0 Å². The molecule has 0 radical (unpaired) electrons. The van der Waals surface area contributed by atoms with Crippen molar-refractivity contribution in [2.75, 3.05) is 0 Å². The molecule has 178 valence electrons. The Morgan fingerprint density at radius 3 is 2.25 bits per heavy atom. The van der Waals surface area contributed by atoms with Crippen LogP contribution in [0.5, 0.6) is 0 Å². The van der Waals surface area contributed by atoms with Crippen molar-refractivity contribution in [2.45, 2.75) is 83.9 Å². The molecule has 0 amide bonds. The first kappa shape index (κ1) is 21.9. The molecule has 0 aromatic carbocycles. The Bertz CT molecular complexity index is 860. The maximum atomic E-state index is 14.2. The van der Waals surface area contributed by atoms with Gasteiger partial charge in [0, 0.05) is 12.8 Å². The molecular formula is C23H32FNO7. The number of alkyl halides is 1. The molecular weight excluding hydrogens is 421 g/mol. The van der Waals surface area contributed by atoms with Crippen LogP contribution in [0.1, 0.15) is 65.7 Å². The predicted octanol–water partition coefficient (Wildman–Crippen LogP) is 3.37. The lowest BCUT2D eigenvalue weighted by molar-refractivity contribution is -0.214. The Morgan fingerprint density at radius 2 is 1.69 bits per heavy atom. The van der Waals surface area contributed by atoms with Crippen LogP contribution in [0.15, 0.2) is 0 Å². The van der Waals surface area contributed by atoms with Crippen LogP contribution in [-0.4, -0.2) is 41.4 Å². The van der Waals surface area contributed by atoms with Gasteiger partial charge in [0.1, 0.15) is 0 Å². The number of halogens is 1. The van der Waals surface area contributed by atoms with E-state index in [1.54, 1.807) is 0 Å². The SMILES string of the molecule is CC(OC(=O)[C@H]1[C@@H]2C[C@H](F)[C@@](N)(OC(=O)O)[C@@H]21)OC(=O)C12CC3CC(C)(CC(C)(C3)C1)C2. The molecule has 6 saturated carbocycles. The molecule has 8 nitrogen and oxygen atoms in total. The van der Waals surface area contributed by atoms with Gasteiger partial charge in [0.25, 0.3) is 0 Å². The summed E-state index contributed by atoms with van der Waals surface area (Å²) in [7, 11) is 0. The standard InChI is InChI=1S/C23H32FNO7/c1-11(30-17(26)15-13-4-14(24)23(25,16(13)15)32-19(28)29)31-18(27)22-7-12-5-20(2,9-22)8-21(3,6-12)10-22/h11-16H,4-10,25H2,1-3H3,(H,28,29)/t11?,12?,13-,14-,15-,16-,20?,21?,22?,23+/m0/s1. The van der Waals surface area contributed by atoms with Crippen molar-refractivity contribution in [3.05, 3.63) is 0 Å². The number of fused-ring (bicyclic) bond motifs is 1. The first-order chi connectivity index (χ1) is 14.8. The van der Waals surface area contributed by atoms with Crippen LogP contribution in [0.25, 0.3) is 0 Å². The minimum absolute atomic E-state index is 0.0654. The summed E-state index contributed by atoms with van der Waals surface area (Å²) >= 11 is 0. The van der Waals surface area contributed by atoms with E-state index in [4.69, 9.17) is 20.3 Å². The first-order valence-corrected chi connectivity index (χ1v) is 11.5. The number of hydrogen-bond donors (Lipinski definition) is 2. The molecule has 0 aliphatic heterocycles. The summed E-state index contributed by atoms with van der Waals surface area (Å²) in [4.78, 5) is 36.8. The van der Waals surface area contributed by atoms with Crippen molar-refractivity contribution in [1.82, 2.24) is 0 Å². The van der Waals surface area contributed by atoms with Crippen molar-refractivity contribution in [2.24, 2.45) is 45.7 Å². The molecule has 3 N–H and O–H groups in total. The van der Waals surface area contributed by atoms with Crippen LogP contribution in [-0.2, 0) is 23.8 Å². The Balaban J connectivity index is 1.21. The summed E-state index contributed by atoms with van der Waals surface area (Å²) in [6.07, 6.45) is 1.37. The van der Waals surface area contributed by atoms with E-state index in [-0.39, 0.29) is 23.2 Å². The average molecular weight is 454 g/mol. The van der Waals surface area contributed by atoms with Gasteiger partial charge in [-0.1, -0.05) is 13.8 Å². The highest BCUT2D eigenvalue weighted by molar-refractivity contribution is 5.79. The first-order valence-electron chi connectivity index (χ1n) is 11.5. The van der Waals surface area contributed by atoms with Crippen LogP contribution >= 0.6 is 0 Å². The van der Waals surface area contributed by atoms with Crippen LogP contribution in [0, 0.1) is 39.9 Å². The van der Waals surface area contributed by atoms with E-state index in [0.29, 0.717) is 5.92 Å². The molecule has 6 aliphatic rings. The average Bonchev–Trinajstić information content (AvgIpc) is 3.26. The molecule has 6 rings (SSSR count). The highest BCUT2D eigenvalue weighted by atomic mass is 19.1. The molecule has 0 saturated heterocycles. The number of carbonyl (C=O) groups is 3. The lowest BCUT2D eigenvalue weighted by Gasteiger charge is -2.64. The Labute approximate surface area is 186 Å². The third-order valence-electron chi connectivity index (χ3n) is 8.81. The molecule has 4 bridgehead atoms. The fourth-order valence-electron chi connectivity index (χ4n) is 8.74. The molecule has 0 spiro atoms.